The zero-order chi connectivity index (χ0) is 18.5. The van der Waals surface area contributed by atoms with E-state index in [9.17, 15) is 4.79 Å². The Morgan fingerprint density at radius 2 is 1.70 bits per heavy atom. The van der Waals surface area contributed by atoms with E-state index in [-0.39, 0.29) is 5.97 Å². The molecule has 1 aliphatic rings. The van der Waals surface area contributed by atoms with E-state index in [0.29, 0.717) is 5.56 Å². The number of esters is 1. The molecule has 4 aromatic rings. The second-order valence-corrected chi connectivity index (χ2v) is 8.23. The third kappa shape index (κ3) is 2.30. The highest BCUT2D eigenvalue weighted by molar-refractivity contribution is 7.98. The molecule has 2 nitrogen and oxygen atoms in total. The Kier molecular flexibility index (Phi) is 3.85. The van der Waals surface area contributed by atoms with Crippen molar-refractivity contribution in [2.75, 3.05) is 13.4 Å². The number of methoxy groups -OCH3 is 1. The SMILES string of the molecule is COC(=O)c1c(SC)cc(-c2cccs2)c2c1-c1cccc3cccc-2c13. The number of fused-ring (bicyclic) bond motifs is 3. The van der Waals surface area contributed by atoms with Gasteiger partial charge in [-0.05, 0) is 51.2 Å². The summed E-state index contributed by atoms with van der Waals surface area (Å²) in [6.45, 7) is 0. The number of rotatable bonds is 3. The van der Waals surface area contributed by atoms with E-state index < -0.39 is 0 Å². The van der Waals surface area contributed by atoms with Gasteiger partial charge in [0.05, 0.1) is 12.7 Å². The molecular formula is C23H16O2S2. The number of carbonyl (C=O) groups excluding carboxylic acids is 1. The second-order valence-electron chi connectivity index (χ2n) is 6.43. The normalized spacial score (nSPS) is 11.6. The van der Waals surface area contributed by atoms with Crippen molar-refractivity contribution in [2.24, 2.45) is 0 Å². The van der Waals surface area contributed by atoms with Gasteiger partial charge in [0.25, 0.3) is 0 Å². The molecule has 1 aliphatic carbocycles. The van der Waals surface area contributed by atoms with Crippen molar-refractivity contribution in [3.05, 3.63) is 65.5 Å². The van der Waals surface area contributed by atoms with Crippen LogP contribution in [0.4, 0.5) is 0 Å². The van der Waals surface area contributed by atoms with E-state index in [4.69, 9.17) is 4.74 Å². The lowest BCUT2D eigenvalue weighted by molar-refractivity contribution is 0.0598. The third-order valence-electron chi connectivity index (χ3n) is 5.13. The van der Waals surface area contributed by atoms with E-state index >= 15 is 0 Å². The minimum atomic E-state index is -0.280. The first kappa shape index (κ1) is 16.6. The van der Waals surface area contributed by atoms with Gasteiger partial charge in [0.15, 0.2) is 0 Å². The summed E-state index contributed by atoms with van der Waals surface area (Å²) in [6, 6.07) is 19.1. The lowest BCUT2D eigenvalue weighted by atomic mass is 9.93. The van der Waals surface area contributed by atoms with Gasteiger partial charge >= 0.3 is 5.97 Å². The van der Waals surface area contributed by atoms with E-state index in [1.807, 2.05) is 6.26 Å². The molecule has 5 rings (SSSR count). The van der Waals surface area contributed by atoms with Crippen LogP contribution in [0.5, 0.6) is 0 Å². The van der Waals surface area contributed by atoms with Crippen LogP contribution in [-0.2, 0) is 4.74 Å². The molecule has 0 atom stereocenters. The number of hydrogen-bond acceptors (Lipinski definition) is 4. The molecule has 0 spiro atoms. The molecule has 4 heteroatoms. The number of carbonyl (C=O) groups is 1. The molecule has 0 saturated heterocycles. The first-order valence-corrected chi connectivity index (χ1v) is 10.7. The fourth-order valence-electron chi connectivity index (χ4n) is 4.06. The summed E-state index contributed by atoms with van der Waals surface area (Å²) < 4.78 is 5.18. The summed E-state index contributed by atoms with van der Waals surface area (Å²) in [4.78, 5) is 15.0. The zero-order valence-corrected chi connectivity index (χ0v) is 16.5. The Bertz CT molecular complexity index is 1200. The van der Waals surface area contributed by atoms with Crippen LogP contribution in [0.1, 0.15) is 10.4 Å². The average Bonchev–Trinajstić information content (AvgIpc) is 3.35. The number of benzene rings is 3. The standard InChI is InChI=1S/C23H16O2S2/c1-25-23(24)22-18(26-2)12-16(17-10-5-11-27-17)20-14-8-3-6-13-7-4-9-15(19(13)14)21(20)22/h3-12H,1-2H3. The average molecular weight is 389 g/mol. The predicted molar refractivity (Wildman–Crippen MR) is 115 cm³/mol. The Morgan fingerprint density at radius 1 is 0.963 bits per heavy atom. The van der Waals surface area contributed by atoms with Crippen LogP contribution < -0.4 is 0 Å². The molecule has 0 N–H and O–H groups in total. The highest BCUT2D eigenvalue weighted by atomic mass is 32.2. The Hall–Kier alpha value is -2.56. The maximum absolute atomic E-state index is 12.8. The van der Waals surface area contributed by atoms with Crippen LogP contribution in [-0.4, -0.2) is 19.3 Å². The van der Waals surface area contributed by atoms with Gasteiger partial charge in [-0.25, -0.2) is 4.79 Å². The molecule has 0 bridgehead atoms. The molecule has 27 heavy (non-hydrogen) atoms. The Morgan fingerprint density at radius 3 is 2.33 bits per heavy atom. The first-order chi connectivity index (χ1) is 13.2. The minimum Gasteiger partial charge on any atom is -0.465 e. The Labute approximate surface area is 165 Å². The summed E-state index contributed by atoms with van der Waals surface area (Å²) in [5, 5.41) is 4.51. The van der Waals surface area contributed by atoms with E-state index in [1.165, 1.54) is 33.9 Å². The van der Waals surface area contributed by atoms with Gasteiger partial charge in [0.2, 0.25) is 0 Å². The number of hydrogen-bond donors (Lipinski definition) is 0. The van der Waals surface area contributed by atoms with Crippen LogP contribution in [0, 0.1) is 0 Å². The molecule has 0 radical (unpaired) electrons. The molecule has 1 heterocycles. The molecule has 0 fully saturated rings. The molecule has 3 aromatic carbocycles. The molecular weight excluding hydrogens is 372 g/mol. The highest BCUT2D eigenvalue weighted by Gasteiger charge is 2.31. The van der Waals surface area contributed by atoms with Gasteiger partial charge in [-0.3, -0.25) is 0 Å². The van der Waals surface area contributed by atoms with Crippen molar-refractivity contribution >= 4 is 39.8 Å². The zero-order valence-electron chi connectivity index (χ0n) is 14.9. The van der Waals surface area contributed by atoms with Crippen molar-refractivity contribution < 1.29 is 9.53 Å². The van der Waals surface area contributed by atoms with Gasteiger partial charge in [-0.1, -0.05) is 42.5 Å². The monoisotopic (exact) mass is 388 g/mol. The summed E-state index contributed by atoms with van der Waals surface area (Å²) in [5.74, 6) is -0.280. The van der Waals surface area contributed by atoms with Crippen molar-refractivity contribution in [2.45, 2.75) is 4.90 Å². The van der Waals surface area contributed by atoms with Gasteiger partial charge in [-0.15, -0.1) is 23.1 Å². The number of thioether (sulfide) groups is 1. The van der Waals surface area contributed by atoms with E-state index in [2.05, 4.69) is 60.0 Å². The second kappa shape index (κ2) is 6.25. The van der Waals surface area contributed by atoms with Crippen LogP contribution in [0.3, 0.4) is 0 Å². The van der Waals surface area contributed by atoms with Crippen LogP contribution in [0.25, 0.3) is 43.5 Å². The number of ether oxygens (including phenoxy) is 1. The smallest absolute Gasteiger partial charge is 0.339 e. The van der Waals surface area contributed by atoms with Gasteiger partial charge in [0, 0.05) is 20.9 Å². The van der Waals surface area contributed by atoms with Crippen LogP contribution in [0.15, 0.2) is 64.9 Å². The van der Waals surface area contributed by atoms with E-state index in [1.54, 1.807) is 23.1 Å². The van der Waals surface area contributed by atoms with E-state index in [0.717, 1.165) is 21.6 Å². The number of thiophene rings is 1. The first-order valence-electron chi connectivity index (χ1n) is 8.64. The van der Waals surface area contributed by atoms with Crippen molar-refractivity contribution in [3.63, 3.8) is 0 Å². The predicted octanol–water partition coefficient (Wildman–Crippen LogP) is 6.72. The third-order valence-corrected chi connectivity index (χ3v) is 6.80. The largest absolute Gasteiger partial charge is 0.465 e. The summed E-state index contributed by atoms with van der Waals surface area (Å²) >= 11 is 3.31. The van der Waals surface area contributed by atoms with Crippen molar-refractivity contribution in [1.29, 1.82) is 0 Å². The molecule has 0 amide bonds. The molecule has 132 valence electrons. The molecule has 0 aliphatic heterocycles. The maximum atomic E-state index is 12.8. The topological polar surface area (TPSA) is 26.3 Å². The quantitative estimate of drug-likeness (QED) is 0.253. The van der Waals surface area contributed by atoms with Gasteiger partial charge in [0.1, 0.15) is 0 Å². The van der Waals surface area contributed by atoms with Crippen molar-refractivity contribution in [1.82, 2.24) is 0 Å². The lowest BCUT2D eigenvalue weighted by Gasteiger charge is -2.16. The van der Waals surface area contributed by atoms with Crippen LogP contribution >= 0.6 is 23.1 Å². The molecule has 1 aromatic heterocycles. The molecule has 0 unspecified atom stereocenters. The van der Waals surface area contributed by atoms with Crippen LogP contribution in [0.2, 0.25) is 0 Å². The van der Waals surface area contributed by atoms with Crippen molar-refractivity contribution in [3.8, 4) is 32.7 Å². The fraction of sp³-hybridized carbons (Fsp3) is 0.0870. The fourth-order valence-corrected chi connectivity index (χ4v) is 5.43. The summed E-state index contributed by atoms with van der Waals surface area (Å²) in [7, 11) is 1.45. The minimum absolute atomic E-state index is 0.280. The summed E-state index contributed by atoms with van der Waals surface area (Å²) in [6.07, 6.45) is 2.01. The highest BCUT2D eigenvalue weighted by Crippen LogP contribution is 2.54. The molecule has 0 saturated carbocycles. The summed E-state index contributed by atoms with van der Waals surface area (Å²) in [5.41, 5.74) is 6.31. The lowest BCUT2D eigenvalue weighted by Crippen LogP contribution is -2.06. The van der Waals surface area contributed by atoms with Gasteiger partial charge in [-0.2, -0.15) is 0 Å². The maximum Gasteiger partial charge on any atom is 0.339 e. The van der Waals surface area contributed by atoms with Gasteiger partial charge < -0.3 is 4.74 Å². The Balaban J connectivity index is 2.00.